The minimum atomic E-state index is -4.64. The van der Waals surface area contributed by atoms with Crippen molar-refractivity contribution in [3.05, 3.63) is 80.9 Å². The molecule has 0 fully saturated rings. The lowest BCUT2D eigenvalue weighted by Crippen LogP contribution is -2.34. The molecule has 0 saturated heterocycles. The molecule has 2 N–H and O–H groups in total. The predicted molar refractivity (Wildman–Crippen MR) is 114 cm³/mol. The number of benzene rings is 2. The molecule has 0 aliphatic rings. The number of halogens is 6. The smallest absolute Gasteiger partial charge is 0.417 e. The maximum atomic E-state index is 12.9. The van der Waals surface area contributed by atoms with Gasteiger partial charge < -0.3 is 4.74 Å². The van der Waals surface area contributed by atoms with Crippen molar-refractivity contribution >= 4 is 52.6 Å². The number of imide groups is 1. The molecule has 3 aromatic rings. The van der Waals surface area contributed by atoms with Gasteiger partial charge in [-0.15, -0.1) is 0 Å². The summed E-state index contributed by atoms with van der Waals surface area (Å²) >= 11 is 17.4. The molecule has 0 aliphatic heterocycles. The molecule has 0 radical (unpaired) electrons. The molecular weight excluding hydrogens is 494 g/mol. The van der Waals surface area contributed by atoms with Gasteiger partial charge in [-0.3, -0.25) is 15.4 Å². The number of nitrogens with zero attached hydrogens (tertiary/aromatic N) is 1. The molecule has 32 heavy (non-hydrogen) atoms. The second kappa shape index (κ2) is 9.64. The fraction of sp³-hybridized carbons (Fsp3) is 0.0500. The van der Waals surface area contributed by atoms with Gasteiger partial charge in [0.25, 0.3) is 5.91 Å². The largest absolute Gasteiger partial charge is 0.456 e. The van der Waals surface area contributed by atoms with E-state index in [1.165, 1.54) is 36.5 Å². The molecule has 0 atom stereocenters. The number of hydrogen-bond donors (Lipinski definition) is 2. The van der Waals surface area contributed by atoms with E-state index in [1.54, 1.807) is 6.07 Å². The Morgan fingerprint density at radius 3 is 2.16 bits per heavy atom. The fourth-order valence-electron chi connectivity index (χ4n) is 2.46. The third-order valence-electron chi connectivity index (χ3n) is 3.87. The summed E-state index contributed by atoms with van der Waals surface area (Å²) in [4.78, 5) is 28.1. The second-order valence-electron chi connectivity index (χ2n) is 6.13. The highest BCUT2D eigenvalue weighted by Gasteiger charge is 2.33. The normalized spacial score (nSPS) is 11.1. The Labute approximate surface area is 194 Å². The topological polar surface area (TPSA) is 80.3 Å². The lowest BCUT2D eigenvalue weighted by molar-refractivity contribution is -0.137. The molecule has 0 spiro atoms. The van der Waals surface area contributed by atoms with E-state index in [9.17, 15) is 22.8 Å². The summed E-state index contributed by atoms with van der Waals surface area (Å²) in [6, 6.07) is 9.30. The summed E-state index contributed by atoms with van der Waals surface area (Å²) in [6.07, 6.45) is -3.47. The highest BCUT2D eigenvalue weighted by molar-refractivity contribution is 6.40. The van der Waals surface area contributed by atoms with Crippen molar-refractivity contribution in [2.24, 2.45) is 0 Å². The Morgan fingerprint density at radius 1 is 0.906 bits per heavy atom. The van der Waals surface area contributed by atoms with E-state index in [-0.39, 0.29) is 32.9 Å². The van der Waals surface area contributed by atoms with Crippen LogP contribution in [0.2, 0.25) is 15.1 Å². The van der Waals surface area contributed by atoms with Crippen LogP contribution in [0.1, 0.15) is 15.9 Å². The molecule has 1 aromatic heterocycles. The Hall–Kier alpha value is -3.01. The number of carbonyl (C=O) groups excluding carboxylic acids is 2. The van der Waals surface area contributed by atoms with Gasteiger partial charge >= 0.3 is 12.2 Å². The van der Waals surface area contributed by atoms with Gasteiger partial charge in [-0.05, 0) is 42.5 Å². The van der Waals surface area contributed by atoms with Gasteiger partial charge in [0.1, 0.15) is 17.3 Å². The van der Waals surface area contributed by atoms with Crippen LogP contribution in [-0.2, 0) is 6.18 Å². The zero-order chi connectivity index (χ0) is 23.5. The van der Waals surface area contributed by atoms with E-state index >= 15 is 0 Å². The molecule has 6 nitrogen and oxygen atoms in total. The Balaban J connectivity index is 1.64. The number of ether oxygens (including phenoxy) is 1. The van der Waals surface area contributed by atoms with E-state index in [4.69, 9.17) is 39.5 Å². The van der Waals surface area contributed by atoms with Crippen molar-refractivity contribution in [3.8, 4) is 11.5 Å². The van der Waals surface area contributed by atoms with Gasteiger partial charge in [-0.25, -0.2) is 9.78 Å². The molecular formula is C20H11Cl3F3N3O3. The number of anilines is 1. The lowest BCUT2D eigenvalue weighted by atomic mass is 10.2. The van der Waals surface area contributed by atoms with Crippen LogP contribution < -0.4 is 15.4 Å². The number of urea groups is 1. The van der Waals surface area contributed by atoms with Gasteiger partial charge in [0.15, 0.2) is 0 Å². The van der Waals surface area contributed by atoms with Crippen LogP contribution in [0.4, 0.5) is 23.8 Å². The molecule has 0 bridgehead atoms. The zero-order valence-corrected chi connectivity index (χ0v) is 17.9. The predicted octanol–water partition coefficient (Wildman–Crippen LogP) is 6.81. The number of nitrogens with one attached hydrogen (secondary N) is 2. The van der Waals surface area contributed by atoms with Gasteiger partial charge in [0, 0.05) is 0 Å². The molecule has 166 valence electrons. The van der Waals surface area contributed by atoms with E-state index < -0.39 is 28.7 Å². The monoisotopic (exact) mass is 503 g/mol. The molecule has 0 unspecified atom stereocenters. The van der Waals surface area contributed by atoms with E-state index in [1.807, 2.05) is 0 Å². The average Bonchev–Trinajstić information content (AvgIpc) is 2.70. The SMILES string of the molecule is O=C(NC(=O)c1c(Cl)cccc1Cl)Nc1ccc(Oc2ccc(Cl)c(C(F)(F)F)c2)cn1. The number of amides is 3. The van der Waals surface area contributed by atoms with Gasteiger partial charge in [-0.1, -0.05) is 40.9 Å². The van der Waals surface area contributed by atoms with Gasteiger partial charge in [-0.2, -0.15) is 13.2 Å². The number of carbonyl (C=O) groups is 2. The van der Waals surface area contributed by atoms with Crippen molar-refractivity contribution in [1.82, 2.24) is 10.3 Å². The molecule has 2 aromatic carbocycles. The Kier molecular flexibility index (Phi) is 7.12. The van der Waals surface area contributed by atoms with Crippen molar-refractivity contribution < 1.29 is 27.5 Å². The average molecular weight is 505 g/mol. The molecule has 3 rings (SSSR count). The Morgan fingerprint density at radius 2 is 1.56 bits per heavy atom. The van der Waals surface area contributed by atoms with E-state index in [0.717, 1.165) is 12.1 Å². The first-order valence-electron chi connectivity index (χ1n) is 8.61. The number of hydrogen-bond acceptors (Lipinski definition) is 4. The van der Waals surface area contributed by atoms with Crippen LogP contribution in [0, 0.1) is 0 Å². The highest BCUT2D eigenvalue weighted by Crippen LogP contribution is 2.37. The first-order valence-corrected chi connectivity index (χ1v) is 9.75. The quantitative estimate of drug-likeness (QED) is 0.409. The molecule has 0 aliphatic carbocycles. The van der Waals surface area contributed by atoms with Crippen LogP contribution >= 0.6 is 34.8 Å². The lowest BCUT2D eigenvalue weighted by Gasteiger charge is -2.12. The molecule has 1 heterocycles. The van der Waals surface area contributed by atoms with E-state index in [0.29, 0.717) is 0 Å². The van der Waals surface area contributed by atoms with Crippen LogP contribution in [0.25, 0.3) is 0 Å². The second-order valence-corrected chi connectivity index (χ2v) is 7.35. The van der Waals surface area contributed by atoms with Gasteiger partial charge in [0.05, 0.1) is 32.4 Å². The summed E-state index contributed by atoms with van der Waals surface area (Å²) in [5, 5.41) is 4.06. The summed E-state index contributed by atoms with van der Waals surface area (Å²) in [6.45, 7) is 0. The fourth-order valence-corrected chi connectivity index (χ4v) is 3.26. The zero-order valence-electron chi connectivity index (χ0n) is 15.6. The Bertz CT molecular complexity index is 1150. The molecule has 12 heteroatoms. The third kappa shape index (κ3) is 5.82. The first-order chi connectivity index (χ1) is 15.0. The maximum Gasteiger partial charge on any atom is 0.417 e. The van der Waals surface area contributed by atoms with Crippen molar-refractivity contribution in [1.29, 1.82) is 0 Å². The molecule has 0 saturated carbocycles. The summed E-state index contributed by atoms with van der Waals surface area (Å²) in [5.74, 6) is -0.782. The standard InChI is InChI=1S/C20H11Cl3F3N3O3/c21-13-6-4-10(8-12(13)20(24,25)26)32-11-5-7-16(27-9-11)28-19(31)29-18(30)17-14(22)2-1-3-15(17)23/h1-9H,(H2,27,28,29,30,31). The number of alkyl halides is 3. The van der Waals surface area contributed by atoms with Crippen LogP contribution in [0.15, 0.2) is 54.7 Å². The summed E-state index contributed by atoms with van der Waals surface area (Å²) < 4.78 is 44.2. The maximum absolute atomic E-state index is 12.9. The molecule has 3 amide bonds. The van der Waals surface area contributed by atoms with Crippen molar-refractivity contribution in [2.75, 3.05) is 5.32 Å². The third-order valence-corrected chi connectivity index (χ3v) is 4.83. The highest BCUT2D eigenvalue weighted by atomic mass is 35.5. The number of rotatable bonds is 4. The van der Waals surface area contributed by atoms with Crippen LogP contribution in [-0.4, -0.2) is 16.9 Å². The first kappa shape index (κ1) is 23.6. The number of aromatic nitrogens is 1. The minimum Gasteiger partial charge on any atom is -0.456 e. The number of pyridine rings is 1. The minimum absolute atomic E-state index is 0.0417. The van der Waals surface area contributed by atoms with Gasteiger partial charge in [0.2, 0.25) is 0 Å². The van der Waals surface area contributed by atoms with Crippen LogP contribution in [0.3, 0.4) is 0 Å². The van der Waals surface area contributed by atoms with Crippen molar-refractivity contribution in [3.63, 3.8) is 0 Å². The van der Waals surface area contributed by atoms with Crippen molar-refractivity contribution in [2.45, 2.75) is 6.18 Å². The summed E-state index contributed by atoms with van der Waals surface area (Å²) in [7, 11) is 0. The van der Waals surface area contributed by atoms with E-state index in [2.05, 4.69) is 15.6 Å². The van der Waals surface area contributed by atoms with Crippen LogP contribution in [0.5, 0.6) is 11.5 Å². The summed E-state index contributed by atoms with van der Waals surface area (Å²) in [5.41, 5.74) is -1.10.